The van der Waals surface area contributed by atoms with E-state index >= 15 is 0 Å². The van der Waals surface area contributed by atoms with E-state index in [1.54, 1.807) is 29.8 Å². The van der Waals surface area contributed by atoms with Gasteiger partial charge in [0.05, 0.1) is 11.2 Å². The summed E-state index contributed by atoms with van der Waals surface area (Å²) in [6.45, 7) is 2.40. The number of ether oxygens (including phenoxy) is 1. The van der Waals surface area contributed by atoms with Crippen molar-refractivity contribution in [3.05, 3.63) is 46.4 Å². The second-order valence-corrected chi connectivity index (χ2v) is 6.61. The third-order valence-corrected chi connectivity index (χ3v) is 4.68. The van der Waals surface area contributed by atoms with Crippen LogP contribution in [-0.2, 0) is 11.4 Å². The van der Waals surface area contributed by atoms with Crippen LogP contribution in [0.25, 0.3) is 0 Å². The van der Waals surface area contributed by atoms with Crippen molar-refractivity contribution in [3.8, 4) is 5.75 Å². The highest BCUT2D eigenvalue weighted by molar-refractivity contribution is 7.07. The number of aromatic nitrogens is 1. The first-order valence-electron chi connectivity index (χ1n) is 8.38. The summed E-state index contributed by atoms with van der Waals surface area (Å²) in [6.07, 6.45) is 2.49. The van der Waals surface area contributed by atoms with Crippen LogP contribution in [0.1, 0.15) is 35.3 Å². The van der Waals surface area contributed by atoms with Gasteiger partial charge in [-0.1, -0.05) is 6.07 Å². The summed E-state index contributed by atoms with van der Waals surface area (Å²) >= 11 is 1.52. The lowest BCUT2D eigenvalue weighted by Crippen LogP contribution is -2.32. The molecule has 0 spiro atoms. The number of likely N-dealkylation sites (tertiary alicyclic amines) is 1. The highest BCUT2D eigenvalue weighted by atomic mass is 32.1. The van der Waals surface area contributed by atoms with Gasteiger partial charge in [-0.3, -0.25) is 9.59 Å². The number of hydrogen-bond donors (Lipinski definition) is 1. The minimum Gasteiger partial charge on any atom is -0.487 e. The van der Waals surface area contributed by atoms with Crippen LogP contribution in [0.2, 0.25) is 0 Å². The van der Waals surface area contributed by atoms with Crippen molar-refractivity contribution in [1.29, 1.82) is 0 Å². The molecule has 2 heterocycles. The Morgan fingerprint density at radius 2 is 2.12 bits per heavy atom. The van der Waals surface area contributed by atoms with Gasteiger partial charge < -0.3 is 15.0 Å². The molecule has 1 aromatic heterocycles. The molecule has 0 atom stereocenters. The smallest absolute Gasteiger partial charge is 0.251 e. The number of nitrogens with zero attached hydrogens (tertiary/aromatic N) is 2. The first kappa shape index (κ1) is 17.4. The molecule has 7 heteroatoms. The third-order valence-electron chi connectivity index (χ3n) is 4.05. The molecule has 0 radical (unpaired) electrons. The van der Waals surface area contributed by atoms with Gasteiger partial charge in [-0.25, -0.2) is 4.98 Å². The molecule has 2 amide bonds. The zero-order chi connectivity index (χ0) is 17.5. The van der Waals surface area contributed by atoms with E-state index in [0.29, 0.717) is 30.9 Å². The number of benzene rings is 1. The van der Waals surface area contributed by atoms with Crippen molar-refractivity contribution >= 4 is 23.2 Å². The van der Waals surface area contributed by atoms with Gasteiger partial charge in [0.15, 0.2) is 0 Å². The maximum Gasteiger partial charge on any atom is 0.251 e. The lowest BCUT2D eigenvalue weighted by Gasteiger charge is -2.15. The Bertz CT molecular complexity index is 712. The van der Waals surface area contributed by atoms with Crippen LogP contribution in [0.5, 0.6) is 5.75 Å². The van der Waals surface area contributed by atoms with Gasteiger partial charge in [-0.15, -0.1) is 11.3 Å². The summed E-state index contributed by atoms with van der Waals surface area (Å²) in [4.78, 5) is 30.2. The Hall–Kier alpha value is -2.41. The monoisotopic (exact) mass is 359 g/mol. The van der Waals surface area contributed by atoms with E-state index in [1.165, 1.54) is 11.3 Å². The van der Waals surface area contributed by atoms with E-state index in [2.05, 4.69) is 10.3 Å². The lowest BCUT2D eigenvalue weighted by molar-refractivity contribution is -0.129. The standard InChI is InChI=1S/C18H21N3O3S/c22-17(21-8-1-2-9-21)6-7-19-18(23)14-4-3-5-16(10-14)24-11-15-12-25-13-20-15/h3-5,10,12-13H,1-2,6-9,11H2,(H,19,23). The number of carbonyl (C=O) groups excluding carboxylic acids is 2. The van der Waals surface area contributed by atoms with Crippen LogP contribution >= 0.6 is 11.3 Å². The first-order chi connectivity index (χ1) is 12.2. The molecule has 1 saturated heterocycles. The Kier molecular flexibility index (Phi) is 6.00. The number of hydrogen-bond acceptors (Lipinski definition) is 5. The van der Waals surface area contributed by atoms with Crippen molar-refractivity contribution in [3.63, 3.8) is 0 Å². The normalized spacial score (nSPS) is 13.7. The third kappa shape index (κ3) is 5.03. The van der Waals surface area contributed by atoms with Crippen molar-refractivity contribution in [2.75, 3.05) is 19.6 Å². The van der Waals surface area contributed by atoms with E-state index in [1.807, 2.05) is 10.3 Å². The summed E-state index contributed by atoms with van der Waals surface area (Å²) in [5, 5.41) is 4.72. The van der Waals surface area contributed by atoms with Gasteiger partial charge in [0, 0.05) is 37.0 Å². The molecule has 1 N–H and O–H groups in total. The maximum absolute atomic E-state index is 12.2. The Balaban J connectivity index is 1.46. The molecule has 0 unspecified atom stereocenters. The predicted molar refractivity (Wildman–Crippen MR) is 95.7 cm³/mol. The van der Waals surface area contributed by atoms with Crippen LogP contribution < -0.4 is 10.1 Å². The zero-order valence-electron chi connectivity index (χ0n) is 13.9. The molecular weight excluding hydrogens is 338 g/mol. The van der Waals surface area contributed by atoms with Crippen LogP contribution in [0, 0.1) is 0 Å². The van der Waals surface area contributed by atoms with E-state index in [0.717, 1.165) is 31.6 Å². The fourth-order valence-corrected chi connectivity index (χ4v) is 3.25. The minimum absolute atomic E-state index is 0.109. The van der Waals surface area contributed by atoms with Gasteiger partial charge in [0.25, 0.3) is 5.91 Å². The molecule has 0 aliphatic carbocycles. The van der Waals surface area contributed by atoms with Crippen LogP contribution in [0.4, 0.5) is 0 Å². The van der Waals surface area contributed by atoms with Crippen molar-refractivity contribution in [1.82, 2.24) is 15.2 Å². The van der Waals surface area contributed by atoms with E-state index in [-0.39, 0.29) is 11.8 Å². The van der Waals surface area contributed by atoms with Crippen LogP contribution in [-0.4, -0.2) is 41.3 Å². The zero-order valence-corrected chi connectivity index (χ0v) is 14.8. The predicted octanol–water partition coefficient (Wildman–Crippen LogP) is 2.46. The Morgan fingerprint density at radius 3 is 2.88 bits per heavy atom. The Morgan fingerprint density at radius 1 is 1.28 bits per heavy atom. The first-order valence-corrected chi connectivity index (χ1v) is 9.32. The minimum atomic E-state index is -0.201. The van der Waals surface area contributed by atoms with Gasteiger partial charge in [-0.2, -0.15) is 0 Å². The fraction of sp³-hybridized carbons (Fsp3) is 0.389. The van der Waals surface area contributed by atoms with Crippen LogP contribution in [0.3, 0.4) is 0 Å². The molecule has 3 rings (SSSR count). The molecular formula is C18H21N3O3S. The van der Waals surface area contributed by atoms with Gasteiger partial charge in [0.2, 0.25) is 5.91 Å². The van der Waals surface area contributed by atoms with Crippen molar-refractivity contribution < 1.29 is 14.3 Å². The van der Waals surface area contributed by atoms with Gasteiger partial charge in [0.1, 0.15) is 12.4 Å². The van der Waals surface area contributed by atoms with E-state index < -0.39 is 0 Å². The largest absolute Gasteiger partial charge is 0.487 e. The molecule has 0 saturated carbocycles. The van der Waals surface area contributed by atoms with Crippen molar-refractivity contribution in [2.24, 2.45) is 0 Å². The molecule has 6 nitrogen and oxygen atoms in total. The lowest BCUT2D eigenvalue weighted by atomic mass is 10.2. The highest BCUT2D eigenvalue weighted by Crippen LogP contribution is 2.15. The van der Waals surface area contributed by atoms with Crippen molar-refractivity contribution in [2.45, 2.75) is 25.9 Å². The summed E-state index contributed by atoms with van der Waals surface area (Å²) < 4.78 is 5.65. The number of thiazole rings is 1. The summed E-state index contributed by atoms with van der Waals surface area (Å²) in [6, 6.07) is 7.01. The van der Waals surface area contributed by atoms with E-state index in [9.17, 15) is 9.59 Å². The molecule has 0 bridgehead atoms. The number of nitrogens with one attached hydrogen (secondary N) is 1. The molecule has 1 aliphatic rings. The highest BCUT2D eigenvalue weighted by Gasteiger charge is 2.17. The van der Waals surface area contributed by atoms with Gasteiger partial charge >= 0.3 is 0 Å². The topological polar surface area (TPSA) is 71.5 Å². The quantitative estimate of drug-likeness (QED) is 0.824. The maximum atomic E-state index is 12.2. The number of rotatable bonds is 7. The molecule has 132 valence electrons. The molecule has 1 aliphatic heterocycles. The summed E-state index contributed by atoms with van der Waals surface area (Å²) in [5.74, 6) is 0.528. The Labute approximate surface area is 150 Å². The second-order valence-electron chi connectivity index (χ2n) is 5.89. The molecule has 25 heavy (non-hydrogen) atoms. The SMILES string of the molecule is O=C(NCCC(=O)N1CCCC1)c1cccc(OCc2cscn2)c1. The summed E-state index contributed by atoms with van der Waals surface area (Å²) in [7, 11) is 0. The molecule has 2 aromatic rings. The van der Waals surface area contributed by atoms with E-state index in [4.69, 9.17) is 4.74 Å². The van der Waals surface area contributed by atoms with Gasteiger partial charge in [-0.05, 0) is 31.0 Å². The summed E-state index contributed by atoms with van der Waals surface area (Å²) in [5.41, 5.74) is 3.14. The average molecular weight is 359 g/mol. The number of amides is 2. The fourth-order valence-electron chi connectivity index (χ4n) is 2.70. The average Bonchev–Trinajstić information content (AvgIpc) is 3.33. The second kappa shape index (κ2) is 8.62. The molecule has 1 fully saturated rings. The molecule has 1 aromatic carbocycles. The van der Waals surface area contributed by atoms with Crippen LogP contribution in [0.15, 0.2) is 35.2 Å². The number of carbonyl (C=O) groups is 2.